The Balaban J connectivity index is 1.92. The van der Waals surface area contributed by atoms with Crippen LogP contribution in [-0.2, 0) is 9.84 Å². The zero-order chi connectivity index (χ0) is 23.5. The standard InChI is InChI=1S/C23H22ClNO6S/c1-29-20-12-16(13-21(30-2)22(20)31-3)25-23(26)15-7-10-19(24)18(11-15)14-5-8-17(9-6-14)32(4,27)28/h5-13H,1-4H3,(H,25,26). The minimum absolute atomic E-state index is 0.202. The predicted octanol–water partition coefficient (Wildman–Crippen LogP) is 4.69. The first-order valence-electron chi connectivity index (χ1n) is 9.39. The maximum Gasteiger partial charge on any atom is 0.255 e. The van der Waals surface area contributed by atoms with Crippen LogP contribution in [0.15, 0.2) is 59.5 Å². The number of halogens is 1. The molecule has 32 heavy (non-hydrogen) atoms. The number of sulfone groups is 1. The van der Waals surface area contributed by atoms with Crippen molar-refractivity contribution in [3.8, 4) is 28.4 Å². The molecule has 0 fully saturated rings. The third-order valence-corrected chi connectivity index (χ3v) is 6.20. The molecule has 0 spiro atoms. The van der Waals surface area contributed by atoms with Crippen LogP contribution in [0.3, 0.4) is 0 Å². The van der Waals surface area contributed by atoms with Gasteiger partial charge in [0, 0.05) is 40.2 Å². The van der Waals surface area contributed by atoms with Crippen molar-refractivity contribution in [2.75, 3.05) is 32.9 Å². The summed E-state index contributed by atoms with van der Waals surface area (Å²) in [5.41, 5.74) is 2.11. The van der Waals surface area contributed by atoms with Crippen molar-refractivity contribution in [2.45, 2.75) is 4.90 Å². The molecule has 3 aromatic rings. The molecule has 3 rings (SSSR count). The number of ether oxygens (including phenoxy) is 3. The van der Waals surface area contributed by atoms with Crippen molar-refractivity contribution in [2.24, 2.45) is 0 Å². The van der Waals surface area contributed by atoms with Crippen LogP contribution >= 0.6 is 11.6 Å². The van der Waals surface area contributed by atoms with Gasteiger partial charge in [-0.1, -0.05) is 23.7 Å². The first kappa shape index (κ1) is 23.4. The van der Waals surface area contributed by atoms with Crippen molar-refractivity contribution in [3.05, 3.63) is 65.2 Å². The van der Waals surface area contributed by atoms with Crippen molar-refractivity contribution in [1.82, 2.24) is 0 Å². The molecule has 7 nitrogen and oxygen atoms in total. The number of nitrogens with one attached hydrogen (secondary N) is 1. The van der Waals surface area contributed by atoms with Crippen LogP contribution in [0.5, 0.6) is 17.2 Å². The van der Waals surface area contributed by atoms with Crippen LogP contribution < -0.4 is 19.5 Å². The van der Waals surface area contributed by atoms with Gasteiger partial charge in [-0.3, -0.25) is 4.79 Å². The topological polar surface area (TPSA) is 90.9 Å². The minimum atomic E-state index is -3.31. The second-order valence-electron chi connectivity index (χ2n) is 6.86. The Kier molecular flexibility index (Phi) is 6.96. The van der Waals surface area contributed by atoms with Crippen LogP contribution in [0.4, 0.5) is 5.69 Å². The minimum Gasteiger partial charge on any atom is -0.493 e. The number of hydrogen-bond acceptors (Lipinski definition) is 6. The molecular formula is C23H22ClNO6S. The molecular weight excluding hydrogens is 454 g/mol. The lowest BCUT2D eigenvalue weighted by Crippen LogP contribution is -2.12. The molecule has 3 aromatic carbocycles. The summed E-state index contributed by atoms with van der Waals surface area (Å²) in [5.74, 6) is 0.860. The molecule has 0 aliphatic heterocycles. The summed E-state index contributed by atoms with van der Waals surface area (Å²) in [4.78, 5) is 13.1. The van der Waals surface area contributed by atoms with E-state index in [2.05, 4.69) is 5.32 Å². The molecule has 0 radical (unpaired) electrons. The molecule has 168 valence electrons. The van der Waals surface area contributed by atoms with Crippen molar-refractivity contribution in [3.63, 3.8) is 0 Å². The van der Waals surface area contributed by atoms with Crippen LogP contribution in [0.25, 0.3) is 11.1 Å². The van der Waals surface area contributed by atoms with Gasteiger partial charge in [-0.05, 0) is 35.9 Å². The first-order valence-corrected chi connectivity index (χ1v) is 11.7. The van der Waals surface area contributed by atoms with Crippen molar-refractivity contribution >= 4 is 33.0 Å². The summed E-state index contributed by atoms with van der Waals surface area (Å²) in [7, 11) is 1.16. The monoisotopic (exact) mass is 475 g/mol. The fourth-order valence-corrected chi connectivity index (χ4v) is 3.98. The second kappa shape index (κ2) is 9.50. The zero-order valence-electron chi connectivity index (χ0n) is 17.9. The predicted molar refractivity (Wildman–Crippen MR) is 124 cm³/mol. The molecule has 0 saturated heterocycles. The van der Waals surface area contributed by atoms with Crippen molar-refractivity contribution in [1.29, 1.82) is 0 Å². The van der Waals surface area contributed by atoms with Crippen LogP contribution in [0.1, 0.15) is 10.4 Å². The van der Waals surface area contributed by atoms with Crippen molar-refractivity contribution < 1.29 is 27.4 Å². The molecule has 0 aliphatic carbocycles. The summed E-state index contributed by atoms with van der Waals surface area (Å²) in [6.45, 7) is 0. The molecule has 0 heterocycles. The number of amides is 1. The van der Waals surface area contributed by atoms with E-state index in [4.69, 9.17) is 25.8 Å². The molecule has 1 N–H and O–H groups in total. The molecule has 0 atom stereocenters. The lowest BCUT2D eigenvalue weighted by molar-refractivity contribution is 0.102. The summed E-state index contributed by atoms with van der Waals surface area (Å²) in [6, 6.07) is 14.4. The summed E-state index contributed by atoms with van der Waals surface area (Å²) in [6.07, 6.45) is 1.14. The highest BCUT2D eigenvalue weighted by atomic mass is 35.5. The van der Waals surface area contributed by atoms with Gasteiger partial charge in [-0.15, -0.1) is 0 Å². The van der Waals surface area contributed by atoms with Gasteiger partial charge in [0.05, 0.1) is 26.2 Å². The van der Waals surface area contributed by atoms with Gasteiger partial charge in [0.15, 0.2) is 21.3 Å². The third-order valence-electron chi connectivity index (χ3n) is 4.74. The van der Waals surface area contributed by atoms with E-state index in [1.54, 1.807) is 42.5 Å². The Morgan fingerprint density at radius 3 is 1.97 bits per heavy atom. The highest BCUT2D eigenvalue weighted by Gasteiger charge is 2.16. The third kappa shape index (κ3) is 4.98. The number of benzene rings is 3. The van der Waals surface area contributed by atoms with Crippen LogP contribution in [0, 0.1) is 0 Å². The van der Waals surface area contributed by atoms with E-state index >= 15 is 0 Å². The zero-order valence-corrected chi connectivity index (χ0v) is 19.5. The number of carbonyl (C=O) groups excluding carboxylic acids is 1. The summed E-state index contributed by atoms with van der Waals surface area (Å²) >= 11 is 6.34. The number of hydrogen-bond donors (Lipinski definition) is 1. The smallest absolute Gasteiger partial charge is 0.255 e. The summed E-state index contributed by atoms with van der Waals surface area (Å²) in [5, 5.41) is 3.24. The summed E-state index contributed by atoms with van der Waals surface area (Å²) < 4.78 is 39.3. The fraction of sp³-hybridized carbons (Fsp3) is 0.174. The Hall–Kier alpha value is -3.23. The van der Waals surface area contributed by atoms with Gasteiger partial charge >= 0.3 is 0 Å². The quantitative estimate of drug-likeness (QED) is 0.533. The van der Waals surface area contributed by atoms with Crippen LogP contribution in [-0.4, -0.2) is 41.9 Å². The van der Waals surface area contributed by atoms with E-state index in [9.17, 15) is 13.2 Å². The number of rotatable bonds is 7. The Bertz CT molecular complexity index is 1230. The average Bonchev–Trinajstić information content (AvgIpc) is 2.78. The molecule has 0 bridgehead atoms. The number of anilines is 1. The van der Waals surface area contributed by atoms with Crippen LogP contribution in [0.2, 0.25) is 5.02 Å². The average molecular weight is 476 g/mol. The van der Waals surface area contributed by atoms with E-state index in [1.165, 1.54) is 33.5 Å². The van der Waals surface area contributed by atoms with E-state index in [0.717, 1.165) is 6.26 Å². The number of carbonyl (C=O) groups is 1. The Morgan fingerprint density at radius 2 is 1.47 bits per heavy atom. The lowest BCUT2D eigenvalue weighted by Gasteiger charge is -2.15. The SMILES string of the molecule is COc1cc(NC(=O)c2ccc(Cl)c(-c3ccc(S(C)(=O)=O)cc3)c2)cc(OC)c1OC. The first-order chi connectivity index (χ1) is 15.2. The Labute approximate surface area is 191 Å². The van der Waals surface area contributed by atoms with E-state index in [-0.39, 0.29) is 10.8 Å². The maximum atomic E-state index is 12.9. The van der Waals surface area contributed by atoms with Gasteiger partial charge < -0.3 is 19.5 Å². The number of methoxy groups -OCH3 is 3. The second-order valence-corrected chi connectivity index (χ2v) is 9.28. The lowest BCUT2D eigenvalue weighted by atomic mass is 10.0. The molecule has 0 aromatic heterocycles. The van der Waals surface area contributed by atoms with Gasteiger partial charge in [-0.25, -0.2) is 8.42 Å². The van der Waals surface area contributed by atoms with E-state index < -0.39 is 9.84 Å². The Morgan fingerprint density at radius 1 is 0.875 bits per heavy atom. The van der Waals surface area contributed by atoms with Gasteiger partial charge in [-0.2, -0.15) is 0 Å². The highest BCUT2D eigenvalue weighted by Crippen LogP contribution is 2.40. The molecule has 0 saturated carbocycles. The molecule has 1 amide bonds. The highest BCUT2D eigenvalue weighted by molar-refractivity contribution is 7.90. The maximum absolute atomic E-state index is 12.9. The molecule has 9 heteroatoms. The van der Waals surface area contributed by atoms with Gasteiger partial charge in [0.2, 0.25) is 5.75 Å². The van der Waals surface area contributed by atoms with Gasteiger partial charge in [0.25, 0.3) is 5.91 Å². The van der Waals surface area contributed by atoms with E-state index in [0.29, 0.717) is 44.6 Å². The fourth-order valence-electron chi connectivity index (χ4n) is 3.13. The largest absolute Gasteiger partial charge is 0.493 e. The molecule has 0 unspecified atom stereocenters. The van der Waals surface area contributed by atoms with E-state index in [1.807, 2.05) is 0 Å². The van der Waals surface area contributed by atoms with Gasteiger partial charge in [0.1, 0.15) is 0 Å². The normalized spacial score (nSPS) is 11.0. The molecule has 0 aliphatic rings.